The second kappa shape index (κ2) is 5.21. The summed E-state index contributed by atoms with van der Waals surface area (Å²) in [6, 6.07) is 15.6. The normalized spacial score (nSPS) is 9.33. The van der Waals surface area contributed by atoms with E-state index in [0.717, 1.165) is 22.5 Å². The molecule has 0 unspecified atom stereocenters. The molecule has 2 rings (SSSR count). The van der Waals surface area contributed by atoms with Gasteiger partial charge >= 0.3 is 29.6 Å². The molecular formula is C12H13N2Na. The van der Waals surface area contributed by atoms with Crippen LogP contribution in [0.4, 0.5) is 11.4 Å². The fourth-order valence-corrected chi connectivity index (χ4v) is 1.35. The summed E-state index contributed by atoms with van der Waals surface area (Å²) < 4.78 is 0. The van der Waals surface area contributed by atoms with Gasteiger partial charge in [-0.25, -0.2) is 0 Å². The Labute approximate surface area is 113 Å². The number of nitrogens with two attached hydrogens (primary N) is 2. The molecule has 0 atom stereocenters. The maximum Gasteiger partial charge on any atom is 1.00 e. The summed E-state index contributed by atoms with van der Waals surface area (Å²) in [6.45, 7) is 0. The third-order valence-electron chi connectivity index (χ3n) is 2.15. The zero-order valence-corrected chi connectivity index (χ0v) is 10.8. The van der Waals surface area contributed by atoms with E-state index in [4.69, 9.17) is 11.5 Å². The van der Waals surface area contributed by atoms with Crippen molar-refractivity contribution < 1.29 is 31.0 Å². The summed E-state index contributed by atoms with van der Waals surface area (Å²) in [4.78, 5) is 0. The van der Waals surface area contributed by atoms with Crippen LogP contribution in [0.2, 0.25) is 0 Å². The molecule has 0 fully saturated rings. The summed E-state index contributed by atoms with van der Waals surface area (Å²) in [7, 11) is 0. The zero-order valence-electron chi connectivity index (χ0n) is 9.77. The molecule has 0 aliphatic carbocycles. The minimum atomic E-state index is 0. The van der Waals surface area contributed by atoms with Crippen molar-refractivity contribution in [2.45, 2.75) is 0 Å². The number of hydrogen-bond donors (Lipinski definition) is 2. The average molecular weight is 208 g/mol. The van der Waals surface area contributed by atoms with Gasteiger partial charge < -0.3 is 12.9 Å². The summed E-state index contributed by atoms with van der Waals surface area (Å²) in [5.41, 5.74) is 15.1. The van der Waals surface area contributed by atoms with Gasteiger partial charge in [0.25, 0.3) is 0 Å². The summed E-state index contributed by atoms with van der Waals surface area (Å²) in [5, 5.41) is 0. The number of benzene rings is 2. The minimum Gasteiger partial charge on any atom is -1.00 e. The second-order valence-electron chi connectivity index (χ2n) is 3.24. The Balaban J connectivity index is 0.00000112. The van der Waals surface area contributed by atoms with Crippen molar-refractivity contribution in [3.05, 3.63) is 48.5 Å². The molecule has 2 nitrogen and oxygen atoms in total. The van der Waals surface area contributed by atoms with Crippen LogP contribution in [0.3, 0.4) is 0 Å². The van der Waals surface area contributed by atoms with Crippen molar-refractivity contribution in [2.24, 2.45) is 0 Å². The van der Waals surface area contributed by atoms with Gasteiger partial charge in [0.05, 0.1) is 0 Å². The van der Waals surface area contributed by atoms with Gasteiger partial charge in [0, 0.05) is 11.4 Å². The number of hydrogen-bond acceptors (Lipinski definition) is 2. The maximum absolute atomic E-state index is 5.61. The first kappa shape index (κ1) is 12.1. The van der Waals surface area contributed by atoms with Gasteiger partial charge in [-0.05, 0) is 35.4 Å². The Kier molecular flexibility index (Phi) is 4.21. The molecule has 0 spiro atoms. The van der Waals surface area contributed by atoms with Crippen molar-refractivity contribution in [2.75, 3.05) is 11.5 Å². The SMILES string of the molecule is Nc1ccc(-c2ccc(N)cc2)cc1.[H-].[Na+]. The van der Waals surface area contributed by atoms with Crippen molar-refractivity contribution in [3.8, 4) is 11.1 Å². The van der Waals surface area contributed by atoms with Crippen LogP contribution in [-0.2, 0) is 0 Å². The van der Waals surface area contributed by atoms with E-state index in [2.05, 4.69) is 0 Å². The number of nitrogen functional groups attached to an aromatic ring is 2. The molecule has 15 heavy (non-hydrogen) atoms. The molecule has 0 aromatic heterocycles. The van der Waals surface area contributed by atoms with Crippen LogP contribution in [0.15, 0.2) is 48.5 Å². The fourth-order valence-electron chi connectivity index (χ4n) is 1.35. The molecule has 0 saturated heterocycles. The summed E-state index contributed by atoms with van der Waals surface area (Å²) in [5.74, 6) is 0. The van der Waals surface area contributed by atoms with E-state index in [0.29, 0.717) is 0 Å². The van der Waals surface area contributed by atoms with Crippen LogP contribution in [0.25, 0.3) is 11.1 Å². The van der Waals surface area contributed by atoms with E-state index < -0.39 is 0 Å². The predicted octanol–water partition coefficient (Wildman–Crippen LogP) is -0.365. The average Bonchev–Trinajstić information content (AvgIpc) is 2.21. The topological polar surface area (TPSA) is 52.0 Å². The van der Waals surface area contributed by atoms with E-state index in [1.807, 2.05) is 48.5 Å². The van der Waals surface area contributed by atoms with Crippen molar-refractivity contribution in [1.82, 2.24) is 0 Å². The van der Waals surface area contributed by atoms with E-state index in [1.165, 1.54) is 0 Å². The zero-order chi connectivity index (χ0) is 9.97. The molecule has 4 N–H and O–H groups in total. The molecule has 3 heteroatoms. The second-order valence-corrected chi connectivity index (χ2v) is 3.24. The smallest absolute Gasteiger partial charge is 1.00 e. The molecule has 2 aromatic rings. The molecule has 72 valence electrons. The van der Waals surface area contributed by atoms with E-state index in [-0.39, 0.29) is 31.0 Å². The first-order chi connectivity index (χ1) is 6.75. The maximum atomic E-state index is 5.61. The first-order valence-corrected chi connectivity index (χ1v) is 4.47. The molecular weight excluding hydrogens is 195 g/mol. The Morgan fingerprint density at radius 1 is 0.600 bits per heavy atom. The van der Waals surface area contributed by atoms with Crippen LogP contribution in [0.5, 0.6) is 0 Å². The van der Waals surface area contributed by atoms with Gasteiger partial charge in [-0.2, -0.15) is 0 Å². The van der Waals surface area contributed by atoms with Crippen LogP contribution in [0.1, 0.15) is 1.43 Å². The third-order valence-corrected chi connectivity index (χ3v) is 2.15. The van der Waals surface area contributed by atoms with Gasteiger partial charge in [0.15, 0.2) is 0 Å². The Hall–Kier alpha value is -0.960. The molecule has 0 heterocycles. The van der Waals surface area contributed by atoms with Crippen LogP contribution in [0, 0.1) is 0 Å². The molecule has 0 aliphatic heterocycles. The molecule has 0 saturated carbocycles. The van der Waals surface area contributed by atoms with Gasteiger partial charge in [-0.3, -0.25) is 0 Å². The first-order valence-electron chi connectivity index (χ1n) is 4.47. The van der Waals surface area contributed by atoms with E-state index >= 15 is 0 Å². The largest absolute Gasteiger partial charge is 1.00 e. The predicted molar refractivity (Wildman–Crippen MR) is 61.8 cm³/mol. The third kappa shape index (κ3) is 2.99. The molecule has 2 aromatic carbocycles. The Morgan fingerprint density at radius 2 is 0.867 bits per heavy atom. The standard InChI is InChI=1S/C12H12N2.Na.H/c13-11-5-1-9(2-6-11)10-3-7-12(14)8-4-10;;/h1-8H,13-14H2;;/q;+1;-1. The molecule has 0 bridgehead atoms. The summed E-state index contributed by atoms with van der Waals surface area (Å²) in [6.07, 6.45) is 0. The Bertz CT molecular complexity index is 382. The molecule has 0 amide bonds. The van der Waals surface area contributed by atoms with Crippen LogP contribution in [-0.4, -0.2) is 0 Å². The van der Waals surface area contributed by atoms with Gasteiger partial charge in [0.1, 0.15) is 0 Å². The van der Waals surface area contributed by atoms with Crippen molar-refractivity contribution in [1.29, 1.82) is 0 Å². The number of rotatable bonds is 1. The van der Waals surface area contributed by atoms with E-state index in [9.17, 15) is 0 Å². The number of anilines is 2. The van der Waals surface area contributed by atoms with Crippen molar-refractivity contribution in [3.63, 3.8) is 0 Å². The Morgan fingerprint density at radius 3 is 1.13 bits per heavy atom. The molecule has 0 radical (unpaired) electrons. The van der Waals surface area contributed by atoms with Crippen LogP contribution >= 0.6 is 0 Å². The quantitative estimate of drug-likeness (QED) is 0.496. The van der Waals surface area contributed by atoms with Gasteiger partial charge in [-0.1, -0.05) is 24.3 Å². The van der Waals surface area contributed by atoms with Gasteiger partial charge in [0.2, 0.25) is 0 Å². The minimum absolute atomic E-state index is 0. The van der Waals surface area contributed by atoms with Crippen LogP contribution < -0.4 is 41.0 Å². The summed E-state index contributed by atoms with van der Waals surface area (Å²) >= 11 is 0. The van der Waals surface area contributed by atoms with Gasteiger partial charge in [-0.15, -0.1) is 0 Å². The van der Waals surface area contributed by atoms with E-state index in [1.54, 1.807) is 0 Å². The fraction of sp³-hybridized carbons (Fsp3) is 0. The van der Waals surface area contributed by atoms with Crippen molar-refractivity contribution >= 4 is 11.4 Å². The monoisotopic (exact) mass is 208 g/mol. The molecule has 0 aliphatic rings.